The van der Waals surface area contributed by atoms with Crippen molar-refractivity contribution < 1.29 is 18.3 Å². The molecular weight excluding hydrogens is 404 g/mol. The van der Waals surface area contributed by atoms with Gasteiger partial charge < -0.3 is 9.72 Å². The number of aromatic nitrogens is 3. The number of alkyl halides is 2. The molecule has 0 radical (unpaired) electrons. The van der Waals surface area contributed by atoms with Gasteiger partial charge in [0.15, 0.2) is 5.69 Å². The molecule has 4 rings (SSSR count). The summed E-state index contributed by atoms with van der Waals surface area (Å²) in [6.07, 6.45) is 0.694. The molecule has 9 heteroatoms. The highest BCUT2D eigenvalue weighted by atomic mass is 35.5. The van der Waals surface area contributed by atoms with Crippen LogP contribution in [0.15, 0.2) is 29.2 Å². The number of ether oxygens (including phenoxy) is 1. The molecule has 1 saturated carbocycles. The largest absolute Gasteiger partial charge is 0.461 e. The lowest BCUT2D eigenvalue weighted by Crippen LogP contribution is -2.35. The van der Waals surface area contributed by atoms with E-state index in [9.17, 15) is 18.4 Å². The molecule has 1 aliphatic rings. The van der Waals surface area contributed by atoms with Crippen LogP contribution < -0.4 is 5.56 Å². The number of nitrogens with one attached hydrogen (secondary N) is 1. The minimum absolute atomic E-state index is 0.0861. The van der Waals surface area contributed by atoms with E-state index in [1.54, 1.807) is 25.3 Å². The van der Waals surface area contributed by atoms with Gasteiger partial charge in [-0.25, -0.2) is 18.1 Å². The Labute approximate surface area is 169 Å². The highest BCUT2D eigenvalue weighted by Gasteiger charge is 2.48. The molecule has 0 amide bonds. The van der Waals surface area contributed by atoms with Gasteiger partial charge in [0.2, 0.25) is 5.92 Å². The van der Waals surface area contributed by atoms with Crippen molar-refractivity contribution in [3.05, 3.63) is 56.6 Å². The van der Waals surface area contributed by atoms with Crippen LogP contribution in [0.5, 0.6) is 0 Å². The van der Waals surface area contributed by atoms with E-state index in [-0.39, 0.29) is 23.4 Å². The summed E-state index contributed by atoms with van der Waals surface area (Å²) in [4.78, 5) is 28.0. The summed E-state index contributed by atoms with van der Waals surface area (Å²) < 4.78 is 33.3. The van der Waals surface area contributed by atoms with E-state index in [0.717, 1.165) is 5.56 Å². The molecule has 0 spiro atoms. The maximum absolute atomic E-state index is 13.5. The van der Waals surface area contributed by atoms with Crippen molar-refractivity contribution in [3.63, 3.8) is 0 Å². The quantitative estimate of drug-likeness (QED) is 0.636. The summed E-state index contributed by atoms with van der Waals surface area (Å²) in [6.45, 7) is 3.58. The van der Waals surface area contributed by atoms with Crippen molar-refractivity contribution in [1.82, 2.24) is 14.6 Å². The van der Waals surface area contributed by atoms with Crippen molar-refractivity contribution in [2.45, 2.75) is 38.5 Å². The van der Waals surface area contributed by atoms with Gasteiger partial charge in [0.25, 0.3) is 5.56 Å². The Bertz CT molecular complexity index is 1180. The van der Waals surface area contributed by atoms with E-state index in [2.05, 4.69) is 10.1 Å². The third-order valence-electron chi connectivity index (χ3n) is 5.10. The van der Waals surface area contributed by atoms with Gasteiger partial charge in [0.1, 0.15) is 5.52 Å². The number of aryl methyl sites for hydroxylation is 1. The van der Waals surface area contributed by atoms with Crippen LogP contribution in [-0.2, 0) is 4.74 Å². The predicted molar refractivity (Wildman–Crippen MR) is 104 cm³/mol. The fraction of sp³-hybridized carbons (Fsp3) is 0.350. The first-order chi connectivity index (χ1) is 13.7. The molecular formula is C20H18ClF2N3O3. The molecule has 0 saturated heterocycles. The average Bonchev–Trinajstić information content (AvgIpc) is 3.02. The van der Waals surface area contributed by atoms with E-state index in [4.69, 9.17) is 16.3 Å². The number of carbonyl (C=O) groups excluding carboxylic acids is 1. The smallest absolute Gasteiger partial charge is 0.359 e. The fourth-order valence-corrected chi connectivity index (χ4v) is 3.78. The van der Waals surface area contributed by atoms with Gasteiger partial charge in [0.05, 0.1) is 18.5 Å². The standard InChI is InChI=1S/C20H18ClF2N3O3/c1-3-29-19(28)16-15(12-7-20(22,23)8-12)17-18(27)24-14(9-26(17)25-16)11-4-5-13(21)10(2)6-11/h4-6,9,12H,3,7-8H2,1-2H3,(H,24,27). The molecule has 152 valence electrons. The molecule has 2 aromatic heterocycles. The summed E-state index contributed by atoms with van der Waals surface area (Å²) in [6, 6.07) is 5.27. The van der Waals surface area contributed by atoms with Crippen LogP contribution in [0.25, 0.3) is 16.8 Å². The number of nitrogens with zero attached hydrogens (tertiary/aromatic N) is 2. The molecule has 1 N–H and O–H groups in total. The summed E-state index contributed by atoms with van der Waals surface area (Å²) in [5.41, 5.74) is 1.69. The number of hydrogen-bond acceptors (Lipinski definition) is 4. The lowest BCUT2D eigenvalue weighted by atomic mass is 9.76. The Hall–Kier alpha value is -2.74. The Morgan fingerprint density at radius 3 is 2.76 bits per heavy atom. The lowest BCUT2D eigenvalue weighted by Gasteiger charge is -2.34. The van der Waals surface area contributed by atoms with Crippen LogP contribution in [0, 0.1) is 6.92 Å². The number of benzene rings is 1. The molecule has 0 atom stereocenters. The van der Waals surface area contributed by atoms with E-state index in [0.29, 0.717) is 16.3 Å². The SMILES string of the molecule is CCOC(=O)c1nn2cc(-c3ccc(Cl)c(C)c3)[nH]c(=O)c2c1C1CC(F)(F)C1. The van der Waals surface area contributed by atoms with Crippen molar-refractivity contribution in [2.24, 2.45) is 0 Å². The van der Waals surface area contributed by atoms with Gasteiger partial charge in [-0.15, -0.1) is 0 Å². The molecule has 3 aromatic rings. The van der Waals surface area contributed by atoms with Crippen molar-refractivity contribution >= 4 is 23.1 Å². The zero-order valence-corrected chi connectivity index (χ0v) is 16.5. The number of halogens is 3. The molecule has 1 aliphatic carbocycles. The molecule has 0 aliphatic heterocycles. The van der Waals surface area contributed by atoms with Gasteiger partial charge in [0, 0.05) is 29.3 Å². The predicted octanol–water partition coefficient (Wildman–Crippen LogP) is 4.34. The van der Waals surface area contributed by atoms with Gasteiger partial charge in [-0.2, -0.15) is 5.10 Å². The highest BCUT2D eigenvalue weighted by Crippen LogP contribution is 2.49. The summed E-state index contributed by atoms with van der Waals surface area (Å²) in [5.74, 6) is -4.17. The molecule has 2 heterocycles. The van der Waals surface area contributed by atoms with Crippen LogP contribution in [0.2, 0.25) is 5.02 Å². The Morgan fingerprint density at radius 2 is 2.14 bits per heavy atom. The number of rotatable bonds is 4. The van der Waals surface area contributed by atoms with Crippen LogP contribution in [-0.4, -0.2) is 33.1 Å². The van der Waals surface area contributed by atoms with E-state index in [1.165, 1.54) is 4.52 Å². The molecule has 1 aromatic carbocycles. The van der Waals surface area contributed by atoms with E-state index in [1.807, 2.05) is 13.0 Å². The molecule has 6 nitrogen and oxygen atoms in total. The zero-order valence-electron chi connectivity index (χ0n) is 15.8. The number of esters is 1. The first-order valence-electron chi connectivity index (χ1n) is 9.17. The monoisotopic (exact) mass is 421 g/mol. The van der Waals surface area contributed by atoms with E-state index >= 15 is 0 Å². The summed E-state index contributed by atoms with van der Waals surface area (Å²) in [7, 11) is 0. The van der Waals surface area contributed by atoms with Gasteiger partial charge >= 0.3 is 5.97 Å². The average molecular weight is 422 g/mol. The van der Waals surface area contributed by atoms with Crippen LogP contribution in [0.4, 0.5) is 8.78 Å². The Morgan fingerprint density at radius 1 is 1.41 bits per heavy atom. The van der Waals surface area contributed by atoms with Gasteiger partial charge in [-0.05, 0) is 37.1 Å². The molecule has 0 bridgehead atoms. The molecule has 29 heavy (non-hydrogen) atoms. The number of H-pyrrole nitrogens is 1. The highest BCUT2D eigenvalue weighted by molar-refractivity contribution is 6.31. The van der Waals surface area contributed by atoms with Crippen LogP contribution in [0.1, 0.15) is 47.3 Å². The number of hydrogen-bond donors (Lipinski definition) is 1. The fourth-order valence-electron chi connectivity index (χ4n) is 3.66. The van der Waals surface area contributed by atoms with Gasteiger partial charge in [-0.3, -0.25) is 4.79 Å². The van der Waals surface area contributed by atoms with Gasteiger partial charge in [-0.1, -0.05) is 17.7 Å². The Balaban J connectivity index is 1.89. The maximum atomic E-state index is 13.5. The minimum atomic E-state index is -2.81. The van der Waals surface area contributed by atoms with Crippen LogP contribution in [0.3, 0.4) is 0 Å². The Kier molecular flexibility index (Phi) is 4.69. The van der Waals surface area contributed by atoms with Crippen molar-refractivity contribution in [2.75, 3.05) is 6.61 Å². The van der Waals surface area contributed by atoms with Crippen molar-refractivity contribution in [1.29, 1.82) is 0 Å². The minimum Gasteiger partial charge on any atom is -0.461 e. The normalized spacial score (nSPS) is 16.0. The number of aromatic amines is 1. The number of fused-ring (bicyclic) bond motifs is 1. The summed E-state index contributed by atoms with van der Waals surface area (Å²) in [5, 5.41) is 4.81. The van der Waals surface area contributed by atoms with Crippen LogP contribution >= 0.6 is 11.6 Å². The molecule has 0 unspecified atom stereocenters. The second-order valence-electron chi connectivity index (χ2n) is 7.20. The maximum Gasteiger partial charge on any atom is 0.359 e. The summed E-state index contributed by atoms with van der Waals surface area (Å²) >= 11 is 6.06. The third kappa shape index (κ3) is 3.42. The number of carbonyl (C=O) groups is 1. The van der Waals surface area contributed by atoms with E-state index < -0.39 is 36.2 Å². The second kappa shape index (κ2) is 6.95. The zero-order chi connectivity index (χ0) is 20.9. The second-order valence-corrected chi connectivity index (χ2v) is 7.61. The van der Waals surface area contributed by atoms with Crippen molar-refractivity contribution in [3.8, 4) is 11.3 Å². The first-order valence-corrected chi connectivity index (χ1v) is 9.55. The third-order valence-corrected chi connectivity index (χ3v) is 5.52. The lowest BCUT2D eigenvalue weighted by molar-refractivity contribution is -0.0866. The first kappa shape index (κ1) is 19.6. The topological polar surface area (TPSA) is 76.5 Å². The molecule has 1 fully saturated rings.